The molecule has 0 aromatic heterocycles. The van der Waals surface area contributed by atoms with Crippen molar-refractivity contribution in [3.8, 4) is 0 Å². The predicted molar refractivity (Wildman–Crippen MR) is 35.0 cm³/mol. The van der Waals surface area contributed by atoms with E-state index in [1.54, 1.807) is 0 Å². The number of aliphatic hydroxyl groups excluding tert-OH is 1. The van der Waals surface area contributed by atoms with Crippen LogP contribution >= 0.6 is 23.2 Å². The van der Waals surface area contributed by atoms with Gasteiger partial charge in [0, 0.05) is 0 Å². The van der Waals surface area contributed by atoms with Gasteiger partial charge in [0.05, 0.1) is 0 Å². The Labute approximate surface area is 62.3 Å². The molecule has 1 rings (SSSR count). The van der Waals surface area contributed by atoms with E-state index in [0.29, 0.717) is 0 Å². The lowest BCUT2D eigenvalue weighted by Crippen LogP contribution is -2.02. The molecule has 0 saturated heterocycles. The average molecular weight is 167 g/mol. The number of rotatable bonds is 0. The molecule has 0 aromatic rings. The first-order chi connectivity index (χ1) is 4.13. The standard InChI is InChI=1S/C5H4Cl2O2/c1-2-3(6)4(7)5(8)9-2/h5,8H,1H2. The van der Waals surface area contributed by atoms with Crippen molar-refractivity contribution in [3.63, 3.8) is 0 Å². The number of hydrogen-bond acceptors (Lipinski definition) is 2. The van der Waals surface area contributed by atoms with E-state index in [1.807, 2.05) is 0 Å². The normalized spacial score (nSPS) is 27.0. The Morgan fingerprint density at radius 2 is 2.11 bits per heavy atom. The summed E-state index contributed by atoms with van der Waals surface area (Å²) in [5.74, 6) is 0.217. The highest BCUT2D eigenvalue weighted by molar-refractivity contribution is 6.41. The van der Waals surface area contributed by atoms with Crippen molar-refractivity contribution in [2.24, 2.45) is 0 Å². The fourth-order valence-electron chi connectivity index (χ4n) is 0.480. The molecule has 1 heterocycles. The maximum absolute atomic E-state index is 8.78. The smallest absolute Gasteiger partial charge is 0.236 e. The van der Waals surface area contributed by atoms with Crippen LogP contribution in [-0.2, 0) is 4.74 Å². The summed E-state index contributed by atoms with van der Waals surface area (Å²) in [5.41, 5.74) is 0. The molecule has 1 aliphatic rings. The monoisotopic (exact) mass is 166 g/mol. The van der Waals surface area contributed by atoms with Gasteiger partial charge in [0.15, 0.2) is 0 Å². The van der Waals surface area contributed by atoms with E-state index >= 15 is 0 Å². The molecule has 0 spiro atoms. The lowest BCUT2D eigenvalue weighted by molar-refractivity contribution is -0.0129. The van der Waals surface area contributed by atoms with E-state index in [9.17, 15) is 0 Å². The van der Waals surface area contributed by atoms with Gasteiger partial charge in [0.25, 0.3) is 0 Å². The minimum absolute atomic E-state index is 0.0988. The molecule has 1 N–H and O–H groups in total. The summed E-state index contributed by atoms with van der Waals surface area (Å²) in [4.78, 5) is 0. The lowest BCUT2D eigenvalue weighted by atomic mass is 10.5. The molecule has 9 heavy (non-hydrogen) atoms. The van der Waals surface area contributed by atoms with Crippen molar-refractivity contribution in [3.05, 3.63) is 22.4 Å². The van der Waals surface area contributed by atoms with Crippen LogP contribution in [0.15, 0.2) is 22.4 Å². The molecule has 0 saturated carbocycles. The van der Waals surface area contributed by atoms with Gasteiger partial charge >= 0.3 is 0 Å². The van der Waals surface area contributed by atoms with Crippen LogP contribution in [0.1, 0.15) is 0 Å². The summed E-state index contributed by atoms with van der Waals surface area (Å²) >= 11 is 10.9. The molecule has 0 amide bonds. The van der Waals surface area contributed by atoms with Crippen molar-refractivity contribution < 1.29 is 9.84 Å². The van der Waals surface area contributed by atoms with E-state index in [0.717, 1.165) is 0 Å². The van der Waals surface area contributed by atoms with Gasteiger partial charge in [0.2, 0.25) is 6.29 Å². The Bertz CT molecular complexity index is 185. The maximum Gasteiger partial charge on any atom is 0.236 e. The molecule has 4 heteroatoms. The highest BCUT2D eigenvalue weighted by atomic mass is 35.5. The molecule has 0 radical (unpaired) electrons. The van der Waals surface area contributed by atoms with E-state index < -0.39 is 6.29 Å². The van der Waals surface area contributed by atoms with Crippen LogP contribution in [0, 0.1) is 0 Å². The first kappa shape index (κ1) is 6.93. The van der Waals surface area contributed by atoms with Gasteiger partial charge in [-0.3, -0.25) is 0 Å². The number of ether oxygens (including phenoxy) is 1. The second-order valence-electron chi connectivity index (χ2n) is 1.56. The number of allylic oxidation sites excluding steroid dienone is 1. The number of hydrogen-bond donors (Lipinski definition) is 1. The third-order valence-electron chi connectivity index (χ3n) is 0.925. The van der Waals surface area contributed by atoms with Crippen LogP contribution in [-0.4, -0.2) is 11.4 Å². The zero-order valence-corrected chi connectivity index (χ0v) is 5.91. The fraction of sp³-hybridized carbons (Fsp3) is 0.200. The van der Waals surface area contributed by atoms with E-state index in [1.165, 1.54) is 0 Å². The maximum atomic E-state index is 8.78. The molecule has 2 nitrogen and oxygen atoms in total. The Balaban J connectivity index is 2.92. The van der Waals surface area contributed by atoms with Gasteiger partial charge in [0.1, 0.15) is 15.8 Å². The molecule has 1 unspecified atom stereocenters. The summed E-state index contributed by atoms with van der Waals surface area (Å²) in [6.07, 6.45) is -1.12. The summed E-state index contributed by atoms with van der Waals surface area (Å²) in [6, 6.07) is 0. The quantitative estimate of drug-likeness (QED) is 0.592. The van der Waals surface area contributed by atoms with E-state index in [-0.39, 0.29) is 15.8 Å². The SMILES string of the molecule is C=C1OC(O)C(Cl)=C1Cl. The molecule has 0 aromatic carbocycles. The molecule has 0 bridgehead atoms. The van der Waals surface area contributed by atoms with Crippen molar-refractivity contribution in [1.82, 2.24) is 0 Å². The largest absolute Gasteiger partial charge is 0.459 e. The van der Waals surface area contributed by atoms with Crippen molar-refractivity contribution in [2.45, 2.75) is 6.29 Å². The third kappa shape index (κ3) is 1.06. The Morgan fingerprint density at radius 1 is 1.56 bits per heavy atom. The van der Waals surface area contributed by atoms with E-state index in [4.69, 9.17) is 28.3 Å². The van der Waals surface area contributed by atoms with Crippen LogP contribution in [0.4, 0.5) is 0 Å². The topological polar surface area (TPSA) is 29.5 Å². The second-order valence-corrected chi connectivity index (χ2v) is 2.34. The first-order valence-electron chi connectivity index (χ1n) is 2.22. The van der Waals surface area contributed by atoms with Gasteiger partial charge in [-0.15, -0.1) is 0 Å². The van der Waals surface area contributed by atoms with Gasteiger partial charge < -0.3 is 9.84 Å². The second kappa shape index (κ2) is 2.21. The van der Waals surface area contributed by atoms with Crippen molar-refractivity contribution in [2.75, 3.05) is 0 Å². The Hall–Kier alpha value is -0.180. The molecule has 0 aliphatic carbocycles. The summed E-state index contributed by atoms with van der Waals surface area (Å²) < 4.78 is 4.61. The van der Waals surface area contributed by atoms with E-state index in [2.05, 4.69) is 11.3 Å². The molecule has 0 fully saturated rings. The molecular formula is C5H4Cl2O2. The van der Waals surface area contributed by atoms with Crippen LogP contribution in [0.5, 0.6) is 0 Å². The third-order valence-corrected chi connectivity index (χ3v) is 1.81. The van der Waals surface area contributed by atoms with Crippen LogP contribution < -0.4 is 0 Å². The van der Waals surface area contributed by atoms with Gasteiger partial charge in [-0.1, -0.05) is 29.8 Å². The molecule has 1 aliphatic heterocycles. The Morgan fingerprint density at radius 3 is 2.22 bits per heavy atom. The minimum atomic E-state index is -1.12. The first-order valence-corrected chi connectivity index (χ1v) is 2.97. The molecule has 50 valence electrons. The Kier molecular flexibility index (Phi) is 1.70. The van der Waals surface area contributed by atoms with Crippen LogP contribution in [0.25, 0.3) is 0 Å². The fourth-order valence-corrected chi connectivity index (χ4v) is 0.768. The predicted octanol–water partition coefficient (Wildman–Crippen LogP) is 1.54. The van der Waals surface area contributed by atoms with Gasteiger partial charge in [-0.05, 0) is 0 Å². The average Bonchev–Trinajstić information content (AvgIpc) is 1.98. The zero-order valence-electron chi connectivity index (χ0n) is 4.40. The van der Waals surface area contributed by atoms with Gasteiger partial charge in [-0.25, -0.2) is 0 Å². The lowest BCUT2D eigenvalue weighted by Gasteiger charge is -2.00. The van der Waals surface area contributed by atoms with Crippen molar-refractivity contribution >= 4 is 23.2 Å². The van der Waals surface area contributed by atoms with Crippen molar-refractivity contribution in [1.29, 1.82) is 0 Å². The molecule has 1 atom stereocenters. The van der Waals surface area contributed by atoms with Gasteiger partial charge in [-0.2, -0.15) is 0 Å². The zero-order chi connectivity index (χ0) is 7.02. The minimum Gasteiger partial charge on any atom is -0.459 e. The van der Waals surface area contributed by atoms with Crippen LogP contribution in [0.2, 0.25) is 0 Å². The molecular weight excluding hydrogens is 163 g/mol. The summed E-state index contributed by atoms with van der Waals surface area (Å²) in [7, 11) is 0. The number of aliphatic hydroxyl groups is 1. The number of halogens is 2. The highest BCUT2D eigenvalue weighted by Crippen LogP contribution is 2.32. The highest BCUT2D eigenvalue weighted by Gasteiger charge is 2.25. The summed E-state index contributed by atoms with van der Waals surface area (Å²) in [6.45, 7) is 3.38. The van der Waals surface area contributed by atoms with Crippen LogP contribution in [0.3, 0.4) is 0 Å². The summed E-state index contributed by atoms with van der Waals surface area (Å²) in [5, 5.41) is 9.08.